The van der Waals surface area contributed by atoms with E-state index in [0.717, 1.165) is 0 Å². The van der Waals surface area contributed by atoms with Crippen molar-refractivity contribution in [2.75, 3.05) is 13.7 Å². The molecule has 0 aromatic heterocycles. The van der Waals surface area contributed by atoms with Gasteiger partial charge in [0.15, 0.2) is 11.6 Å². The number of allylic oxidation sites excluding steroid dienone is 2. The van der Waals surface area contributed by atoms with Crippen LogP contribution in [0.2, 0.25) is 0 Å². The highest BCUT2D eigenvalue weighted by Gasteiger charge is 2.82. The van der Waals surface area contributed by atoms with Crippen LogP contribution in [-0.2, 0) is 28.7 Å². The van der Waals surface area contributed by atoms with Gasteiger partial charge >= 0.3 is 11.9 Å². The molecular formula is C28H40O7. The molecule has 0 radical (unpaired) electrons. The third-order valence-corrected chi connectivity index (χ3v) is 11.1. The van der Waals surface area contributed by atoms with Gasteiger partial charge in [-0.1, -0.05) is 32.4 Å². The molecule has 3 fully saturated rings. The molecule has 194 valence electrons. The Morgan fingerprint density at radius 1 is 1.09 bits per heavy atom. The lowest BCUT2D eigenvalue weighted by atomic mass is 9.33. The maximum Gasteiger partial charge on any atom is 0.321 e. The van der Waals surface area contributed by atoms with Crippen LogP contribution < -0.4 is 0 Å². The second-order valence-electron chi connectivity index (χ2n) is 12.5. The number of ketones is 2. The zero-order valence-corrected chi connectivity index (χ0v) is 22.3. The number of carbonyl (C=O) groups excluding carboxylic acids is 4. The first-order valence-electron chi connectivity index (χ1n) is 12.8. The van der Waals surface area contributed by atoms with E-state index < -0.39 is 39.0 Å². The van der Waals surface area contributed by atoms with Gasteiger partial charge in [0.1, 0.15) is 11.5 Å². The Morgan fingerprint density at radius 2 is 1.71 bits per heavy atom. The second-order valence-corrected chi connectivity index (χ2v) is 12.5. The SMILES string of the molecule is COC(=O)[C@@]12C(=O)[C@H](C)C(=O)[C@]1(C)C(C)=C[C@H]1[C@]3(CO)CC[C@H](OC(C)=O)C(C)(C)[C@H]3CC[C@@]12C. The summed E-state index contributed by atoms with van der Waals surface area (Å²) in [6.45, 7) is 12.6. The average Bonchev–Trinajstić information content (AvgIpc) is 2.95. The first-order valence-corrected chi connectivity index (χ1v) is 12.8. The van der Waals surface area contributed by atoms with Crippen LogP contribution in [0.4, 0.5) is 0 Å². The molecule has 35 heavy (non-hydrogen) atoms. The predicted octanol–water partition coefficient (Wildman–Crippen LogP) is 3.66. The fourth-order valence-corrected chi connectivity index (χ4v) is 9.40. The smallest absolute Gasteiger partial charge is 0.321 e. The number of aliphatic hydroxyl groups is 1. The van der Waals surface area contributed by atoms with Crippen LogP contribution in [0.5, 0.6) is 0 Å². The van der Waals surface area contributed by atoms with E-state index in [1.807, 2.05) is 13.8 Å². The average molecular weight is 489 g/mol. The summed E-state index contributed by atoms with van der Waals surface area (Å²) < 4.78 is 11.1. The number of Topliss-reactive ketones (excluding diaryl/α,β-unsaturated/α-hetero) is 2. The zero-order chi connectivity index (χ0) is 26.4. The number of hydrogen-bond donors (Lipinski definition) is 1. The van der Waals surface area contributed by atoms with Crippen molar-refractivity contribution in [3.63, 3.8) is 0 Å². The summed E-state index contributed by atoms with van der Waals surface area (Å²) >= 11 is 0. The predicted molar refractivity (Wildman–Crippen MR) is 128 cm³/mol. The topological polar surface area (TPSA) is 107 Å². The Hall–Kier alpha value is -2.02. The zero-order valence-electron chi connectivity index (χ0n) is 22.3. The van der Waals surface area contributed by atoms with Gasteiger partial charge in [0.25, 0.3) is 0 Å². The lowest BCUT2D eigenvalue weighted by molar-refractivity contribution is -0.229. The van der Waals surface area contributed by atoms with E-state index in [9.17, 15) is 24.3 Å². The molecular weight excluding hydrogens is 448 g/mol. The maximum absolute atomic E-state index is 14.1. The van der Waals surface area contributed by atoms with Crippen LogP contribution in [0.15, 0.2) is 11.6 Å². The Kier molecular flexibility index (Phi) is 5.76. The van der Waals surface area contributed by atoms with Gasteiger partial charge in [-0.3, -0.25) is 19.2 Å². The van der Waals surface area contributed by atoms with Gasteiger partial charge in [0, 0.05) is 24.4 Å². The van der Waals surface area contributed by atoms with Crippen LogP contribution in [0.1, 0.15) is 74.1 Å². The van der Waals surface area contributed by atoms with Crippen LogP contribution in [-0.4, -0.2) is 48.4 Å². The van der Waals surface area contributed by atoms with Gasteiger partial charge in [-0.25, -0.2) is 0 Å². The summed E-state index contributed by atoms with van der Waals surface area (Å²) in [5.41, 5.74) is -4.23. The molecule has 0 aromatic carbocycles. The van der Waals surface area contributed by atoms with Crippen molar-refractivity contribution in [1.82, 2.24) is 0 Å². The van der Waals surface area contributed by atoms with Crippen LogP contribution in [0.3, 0.4) is 0 Å². The number of hydrogen-bond acceptors (Lipinski definition) is 7. The summed E-state index contributed by atoms with van der Waals surface area (Å²) in [7, 11) is 1.28. The molecule has 0 heterocycles. The lowest BCUT2D eigenvalue weighted by Gasteiger charge is -2.69. The quantitative estimate of drug-likeness (QED) is 0.367. The molecule has 7 heteroatoms. The van der Waals surface area contributed by atoms with Crippen molar-refractivity contribution in [1.29, 1.82) is 0 Å². The molecule has 0 aliphatic heterocycles. The highest BCUT2D eigenvalue weighted by Crippen LogP contribution is 2.76. The summed E-state index contributed by atoms with van der Waals surface area (Å²) in [4.78, 5) is 53.3. The summed E-state index contributed by atoms with van der Waals surface area (Å²) in [6, 6.07) is 0. The molecule has 4 rings (SSSR count). The van der Waals surface area contributed by atoms with Crippen LogP contribution in [0.25, 0.3) is 0 Å². The van der Waals surface area contributed by atoms with Crippen LogP contribution in [0, 0.1) is 44.8 Å². The van der Waals surface area contributed by atoms with Gasteiger partial charge in [-0.2, -0.15) is 0 Å². The Bertz CT molecular complexity index is 1030. The molecule has 3 saturated carbocycles. The van der Waals surface area contributed by atoms with Crippen molar-refractivity contribution in [2.24, 2.45) is 44.8 Å². The van der Waals surface area contributed by atoms with Gasteiger partial charge in [-0.15, -0.1) is 0 Å². The maximum atomic E-state index is 14.1. The number of esters is 2. The summed E-state index contributed by atoms with van der Waals surface area (Å²) in [5.74, 6) is -2.82. The summed E-state index contributed by atoms with van der Waals surface area (Å²) in [6.07, 6.45) is 4.11. The van der Waals surface area contributed by atoms with Crippen molar-refractivity contribution in [2.45, 2.75) is 80.3 Å². The standard InChI is InChI=1S/C28H40O7/c1-15-13-19-25(6,28(23(33)34-8)22(32)16(2)21(31)26(15,28)7)11-9-18-24(4,5)20(35-17(3)30)10-12-27(18,19)14-29/h13,16,18-20,29H,9-12,14H2,1-8H3/t16-,18-,19-,20+,25+,26+,27+,28-/m1/s1. The Morgan fingerprint density at radius 3 is 2.26 bits per heavy atom. The number of carbonyl (C=O) groups is 4. The molecule has 0 amide bonds. The molecule has 4 aliphatic rings. The highest BCUT2D eigenvalue weighted by molar-refractivity contribution is 6.25. The molecule has 4 aliphatic carbocycles. The van der Waals surface area contributed by atoms with E-state index in [4.69, 9.17) is 9.47 Å². The largest absolute Gasteiger partial charge is 0.468 e. The number of methoxy groups -OCH3 is 1. The summed E-state index contributed by atoms with van der Waals surface area (Å²) in [5, 5.41) is 11.1. The number of ether oxygens (including phenoxy) is 2. The third-order valence-electron chi connectivity index (χ3n) is 11.1. The van der Waals surface area contributed by atoms with Gasteiger partial charge in [0.2, 0.25) is 0 Å². The van der Waals surface area contributed by atoms with Crippen molar-refractivity contribution in [3.8, 4) is 0 Å². The van der Waals surface area contributed by atoms with E-state index in [0.29, 0.717) is 31.3 Å². The molecule has 0 saturated heterocycles. The molecule has 1 N–H and O–H groups in total. The van der Waals surface area contributed by atoms with Gasteiger partial charge in [-0.05, 0) is 63.7 Å². The normalized spacial score (nSPS) is 46.1. The molecule has 0 bridgehead atoms. The third kappa shape index (κ3) is 2.71. The van der Waals surface area contributed by atoms with Crippen molar-refractivity contribution < 1.29 is 33.8 Å². The van der Waals surface area contributed by atoms with E-state index in [1.54, 1.807) is 13.8 Å². The minimum Gasteiger partial charge on any atom is -0.468 e. The van der Waals surface area contributed by atoms with Crippen molar-refractivity contribution in [3.05, 3.63) is 11.6 Å². The van der Waals surface area contributed by atoms with Crippen molar-refractivity contribution >= 4 is 23.5 Å². The van der Waals surface area contributed by atoms with E-state index in [1.165, 1.54) is 14.0 Å². The second kappa shape index (κ2) is 7.74. The number of rotatable bonds is 3. The van der Waals surface area contributed by atoms with E-state index in [-0.39, 0.29) is 42.1 Å². The lowest BCUT2D eigenvalue weighted by Crippen LogP contribution is -2.70. The minimum absolute atomic E-state index is 0.0103. The Labute approximate surface area is 208 Å². The van der Waals surface area contributed by atoms with Gasteiger partial charge < -0.3 is 14.6 Å². The monoisotopic (exact) mass is 488 g/mol. The fraction of sp³-hybridized carbons (Fsp3) is 0.786. The molecule has 7 nitrogen and oxygen atoms in total. The number of aliphatic hydroxyl groups excluding tert-OH is 1. The molecule has 0 unspecified atom stereocenters. The van der Waals surface area contributed by atoms with E-state index in [2.05, 4.69) is 19.9 Å². The first kappa shape index (κ1) is 26.1. The Balaban J connectivity index is 1.98. The molecule has 8 atom stereocenters. The molecule has 0 aromatic rings. The van der Waals surface area contributed by atoms with Crippen LogP contribution >= 0.6 is 0 Å². The van der Waals surface area contributed by atoms with Gasteiger partial charge in [0.05, 0.1) is 18.4 Å². The first-order chi connectivity index (χ1) is 16.1. The minimum atomic E-state index is -1.65. The fourth-order valence-electron chi connectivity index (χ4n) is 9.40. The van der Waals surface area contributed by atoms with E-state index >= 15 is 0 Å². The highest BCUT2D eigenvalue weighted by atomic mass is 16.5. The number of fused-ring (bicyclic) bond motifs is 5. The molecule has 0 spiro atoms.